The Kier molecular flexibility index (Phi) is 4.59. The zero-order valence-electron chi connectivity index (χ0n) is 8.30. The standard InChI is InChI=1S/C9H18N2OS/c1-7(13-2)9(12)11-8-4-3-5-10-6-8/h7-8,10H,3-6H2,1-2H3,(H,11,12)/t7?,8-/m0/s1. The third-order valence-electron chi connectivity index (χ3n) is 2.37. The fourth-order valence-electron chi connectivity index (χ4n) is 1.40. The van der Waals surface area contributed by atoms with Gasteiger partial charge in [-0.2, -0.15) is 11.8 Å². The van der Waals surface area contributed by atoms with E-state index in [9.17, 15) is 4.79 Å². The fourth-order valence-corrected chi connectivity index (χ4v) is 1.68. The van der Waals surface area contributed by atoms with Crippen molar-refractivity contribution >= 4 is 17.7 Å². The van der Waals surface area contributed by atoms with Crippen LogP contribution in [0.3, 0.4) is 0 Å². The van der Waals surface area contributed by atoms with Crippen molar-refractivity contribution < 1.29 is 4.79 Å². The maximum absolute atomic E-state index is 11.5. The lowest BCUT2D eigenvalue weighted by Crippen LogP contribution is -2.47. The predicted octanol–water partition coefficient (Wildman–Crippen LogP) is 0.606. The van der Waals surface area contributed by atoms with Crippen molar-refractivity contribution in [3.05, 3.63) is 0 Å². The van der Waals surface area contributed by atoms with Crippen LogP contribution in [0.2, 0.25) is 0 Å². The number of nitrogens with one attached hydrogen (secondary N) is 2. The van der Waals surface area contributed by atoms with Gasteiger partial charge in [-0.05, 0) is 32.6 Å². The van der Waals surface area contributed by atoms with E-state index in [1.54, 1.807) is 11.8 Å². The van der Waals surface area contributed by atoms with E-state index < -0.39 is 0 Å². The molecule has 1 aliphatic heterocycles. The van der Waals surface area contributed by atoms with Crippen molar-refractivity contribution in [3.8, 4) is 0 Å². The van der Waals surface area contributed by atoms with Gasteiger partial charge in [0.15, 0.2) is 0 Å². The summed E-state index contributed by atoms with van der Waals surface area (Å²) in [5, 5.41) is 6.39. The van der Waals surface area contributed by atoms with Gasteiger partial charge in [-0.1, -0.05) is 0 Å². The summed E-state index contributed by atoms with van der Waals surface area (Å²) in [5.74, 6) is 0.168. The first kappa shape index (κ1) is 10.9. The molecule has 3 nitrogen and oxygen atoms in total. The Labute approximate surface area is 84.0 Å². The molecule has 0 spiro atoms. The van der Waals surface area contributed by atoms with Crippen LogP contribution < -0.4 is 10.6 Å². The molecule has 0 aromatic heterocycles. The monoisotopic (exact) mass is 202 g/mol. The minimum absolute atomic E-state index is 0.0712. The van der Waals surface area contributed by atoms with Crippen molar-refractivity contribution in [1.29, 1.82) is 0 Å². The predicted molar refractivity (Wildman–Crippen MR) is 57.0 cm³/mol. The molecule has 76 valence electrons. The van der Waals surface area contributed by atoms with Gasteiger partial charge in [0.05, 0.1) is 5.25 Å². The summed E-state index contributed by atoms with van der Waals surface area (Å²) >= 11 is 1.59. The third kappa shape index (κ3) is 3.56. The van der Waals surface area contributed by atoms with Crippen LogP contribution in [0.25, 0.3) is 0 Å². The van der Waals surface area contributed by atoms with E-state index in [0.717, 1.165) is 19.5 Å². The molecule has 0 radical (unpaired) electrons. The highest BCUT2D eigenvalue weighted by Crippen LogP contribution is 2.07. The van der Waals surface area contributed by atoms with Gasteiger partial charge in [0.25, 0.3) is 0 Å². The summed E-state index contributed by atoms with van der Waals surface area (Å²) in [4.78, 5) is 11.5. The summed E-state index contributed by atoms with van der Waals surface area (Å²) in [5.41, 5.74) is 0. The van der Waals surface area contributed by atoms with E-state index in [4.69, 9.17) is 0 Å². The molecule has 1 amide bonds. The molecule has 1 saturated heterocycles. The highest BCUT2D eigenvalue weighted by atomic mass is 32.2. The highest BCUT2D eigenvalue weighted by Gasteiger charge is 2.18. The number of hydrogen-bond donors (Lipinski definition) is 2. The van der Waals surface area contributed by atoms with Crippen molar-refractivity contribution in [3.63, 3.8) is 0 Å². The van der Waals surface area contributed by atoms with E-state index in [1.807, 2.05) is 13.2 Å². The van der Waals surface area contributed by atoms with Crippen LogP contribution in [0.5, 0.6) is 0 Å². The minimum Gasteiger partial charge on any atom is -0.351 e. The van der Waals surface area contributed by atoms with Crippen molar-refractivity contribution in [1.82, 2.24) is 10.6 Å². The van der Waals surface area contributed by atoms with E-state index in [0.29, 0.717) is 6.04 Å². The second-order valence-corrected chi connectivity index (χ2v) is 4.61. The summed E-state index contributed by atoms with van der Waals surface area (Å²) in [7, 11) is 0. The molecule has 0 aliphatic carbocycles. The molecular weight excluding hydrogens is 184 g/mol. The van der Waals surface area contributed by atoms with Gasteiger partial charge in [0.2, 0.25) is 5.91 Å². The maximum Gasteiger partial charge on any atom is 0.233 e. The summed E-state index contributed by atoms with van der Waals surface area (Å²) in [6.45, 7) is 3.95. The van der Waals surface area contributed by atoms with Crippen LogP contribution in [0.1, 0.15) is 19.8 Å². The topological polar surface area (TPSA) is 41.1 Å². The Morgan fingerprint density at radius 1 is 1.69 bits per heavy atom. The molecule has 0 bridgehead atoms. The number of carbonyl (C=O) groups excluding carboxylic acids is 1. The number of amides is 1. The Bertz CT molecular complexity index is 169. The number of carbonyl (C=O) groups is 1. The lowest BCUT2D eigenvalue weighted by atomic mass is 10.1. The lowest BCUT2D eigenvalue weighted by Gasteiger charge is -2.24. The van der Waals surface area contributed by atoms with E-state index >= 15 is 0 Å². The van der Waals surface area contributed by atoms with E-state index in [-0.39, 0.29) is 11.2 Å². The Balaban J connectivity index is 2.26. The van der Waals surface area contributed by atoms with Gasteiger partial charge in [-0.3, -0.25) is 4.79 Å². The van der Waals surface area contributed by atoms with Crippen molar-refractivity contribution in [2.45, 2.75) is 31.1 Å². The average molecular weight is 202 g/mol. The molecule has 1 heterocycles. The van der Waals surface area contributed by atoms with Crippen LogP contribution in [0.4, 0.5) is 0 Å². The van der Waals surface area contributed by atoms with Crippen LogP contribution in [0.15, 0.2) is 0 Å². The second-order valence-electron chi connectivity index (χ2n) is 3.43. The molecule has 0 aromatic carbocycles. The third-order valence-corrected chi connectivity index (χ3v) is 3.29. The summed E-state index contributed by atoms with van der Waals surface area (Å²) < 4.78 is 0. The number of rotatable bonds is 3. The van der Waals surface area contributed by atoms with Crippen molar-refractivity contribution in [2.24, 2.45) is 0 Å². The zero-order valence-corrected chi connectivity index (χ0v) is 9.12. The molecule has 1 rings (SSSR count). The number of piperidine rings is 1. The highest BCUT2D eigenvalue weighted by molar-refractivity contribution is 7.99. The number of hydrogen-bond acceptors (Lipinski definition) is 3. The smallest absolute Gasteiger partial charge is 0.233 e. The molecule has 2 atom stereocenters. The number of thioether (sulfide) groups is 1. The van der Waals surface area contributed by atoms with Crippen molar-refractivity contribution in [2.75, 3.05) is 19.3 Å². The maximum atomic E-state index is 11.5. The fraction of sp³-hybridized carbons (Fsp3) is 0.889. The molecular formula is C9H18N2OS. The largest absolute Gasteiger partial charge is 0.351 e. The van der Waals surface area contributed by atoms with Gasteiger partial charge in [0, 0.05) is 12.6 Å². The molecule has 1 unspecified atom stereocenters. The quantitative estimate of drug-likeness (QED) is 0.704. The van der Waals surface area contributed by atoms with Crippen LogP contribution in [0, 0.1) is 0 Å². The summed E-state index contributed by atoms with van der Waals surface area (Å²) in [6.07, 6.45) is 4.24. The molecule has 13 heavy (non-hydrogen) atoms. The molecule has 4 heteroatoms. The van der Waals surface area contributed by atoms with Crippen LogP contribution >= 0.6 is 11.8 Å². The minimum atomic E-state index is 0.0712. The summed E-state index contributed by atoms with van der Waals surface area (Å²) in [6, 6.07) is 0.343. The molecule has 1 aliphatic rings. The first-order valence-corrected chi connectivity index (χ1v) is 6.06. The second kappa shape index (κ2) is 5.50. The van der Waals surface area contributed by atoms with Gasteiger partial charge >= 0.3 is 0 Å². The van der Waals surface area contributed by atoms with Crippen LogP contribution in [-0.4, -0.2) is 36.5 Å². The van der Waals surface area contributed by atoms with Gasteiger partial charge in [-0.15, -0.1) is 0 Å². The molecule has 1 fully saturated rings. The lowest BCUT2D eigenvalue weighted by molar-refractivity contribution is -0.121. The zero-order chi connectivity index (χ0) is 9.68. The first-order valence-electron chi connectivity index (χ1n) is 4.78. The van der Waals surface area contributed by atoms with Gasteiger partial charge < -0.3 is 10.6 Å². The van der Waals surface area contributed by atoms with Crippen LogP contribution in [-0.2, 0) is 4.79 Å². The Morgan fingerprint density at radius 3 is 3.00 bits per heavy atom. The first-order chi connectivity index (χ1) is 6.24. The normalized spacial score (nSPS) is 25.2. The van der Waals surface area contributed by atoms with E-state index in [2.05, 4.69) is 10.6 Å². The van der Waals surface area contributed by atoms with Gasteiger partial charge in [0.1, 0.15) is 0 Å². The average Bonchev–Trinajstić information content (AvgIpc) is 2.18. The molecule has 0 saturated carbocycles. The Morgan fingerprint density at radius 2 is 2.46 bits per heavy atom. The molecule has 0 aromatic rings. The van der Waals surface area contributed by atoms with Gasteiger partial charge in [-0.25, -0.2) is 0 Å². The Hall–Kier alpha value is -0.220. The molecule has 2 N–H and O–H groups in total. The SMILES string of the molecule is CSC(C)C(=O)N[C@H]1CCCNC1. The van der Waals surface area contributed by atoms with E-state index in [1.165, 1.54) is 6.42 Å².